The molecule has 4 unspecified atom stereocenters. The molecule has 4 nitrogen and oxygen atoms in total. The Labute approximate surface area is 169 Å². The molecule has 4 atom stereocenters. The number of hydrogen-bond acceptors (Lipinski definition) is 3. The maximum atomic E-state index is 14.2. The smallest absolute Gasteiger partial charge is 0.401 e. The standard InChI is InChI=1S/C22H29F3N2O2/c1-13(2)16-7-5-14(3)11-18(16)29-19-9-6-15(12-21(19,4)22(23,24)25)17-8-10-20(28)27-26-17/h6,8-10,13-14,16,18H,5,7,11-12H2,1-4H3,(H,27,28). The predicted molar refractivity (Wildman–Crippen MR) is 106 cm³/mol. The number of alkyl halides is 3. The van der Waals surface area contributed by atoms with E-state index in [1.807, 2.05) is 0 Å². The van der Waals surface area contributed by atoms with Crippen molar-refractivity contribution in [3.8, 4) is 0 Å². The fourth-order valence-electron chi connectivity index (χ4n) is 4.41. The summed E-state index contributed by atoms with van der Waals surface area (Å²) in [6.45, 7) is 7.53. The lowest BCUT2D eigenvalue weighted by atomic mass is 9.74. The van der Waals surface area contributed by atoms with Gasteiger partial charge in [-0.15, -0.1) is 0 Å². The number of ether oxygens (including phenoxy) is 1. The van der Waals surface area contributed by atoms with Crippen molar-refractivity contribution < 1.29 is 17.9 Å². The first-order chi connectivity index (χ1) is 13.5. The van der Waals surface area contributed by atoms with Gasteiger partial charge < -0.3 is 4.74 Å². The van der Waals surface area contributed by atoms with Crippen LogP contribution >= 0.6 is 0 Å². The van der Waals surface area contributed by atoms with Gasteiger partial charge in [0.05, 0.1) is 5.69 Å². The van der Waals surface area contributed by atoms with E-state index in [0.717, 1.165) is 19.3 Å². The predicted octanol–water partition coefficient (Wildman–Crippen LogP) is 5.49. The minimum absolute atomic E-state index is 0.0251. The molecular formula is C22H29F3N2O2. The summed E-state index contributed by atoms with van der Waals surface area (Å²) in [4.78, 5) is 11.2. The molecule has 1 N–H and O–H groups in total. The van der Waals surface area contributed by atoms with E-state index in [2.05, 4.69) is 31.0 Å². The van der Waals surface area contributed by atoms with Crippen LogP contribution in [0.5, 0.6) is 0 Å². The van der Waals surface area contributed by atoms with E-state index >= 15 is 0 Å². The Morgan fingerprint density at radius 3 is 2.55 bits per heavy atom. The number of aromatic nitrogens is 2. The number of nitrogens with one attached hydrogen (secondary N) is 1. The Hall–Kier alpha value is -2.05. The average molecular weight is 410 g/mol. The highest BCUT2D eigenvalue weighted by atomic mass is 19.4. The van der Waals surface area contributed by atoms with Crippen LogP contribution in [0.3, 0.4) is 0 Å². The third kappa shape index (κ3) is 4.43. The normalized spacial score (nSPS) is 30.7. The number of rotatable bonds is 4. The molecule has 2 aliphatic rings. The molecule has 29 heavy (non-hydrogen) atoms. The summed E-state index contributed by atoms with van der Waals surface area (Å²) >= 11 is 0. The zero-order chi connectivity index (χ0) is 21.4. The summed E-state index contributed by atoms with van der Waals surface area (Å²) in [5.41, 5.74) is -1.78. The van der Waals surface area contributed by atoms with Crippen molar-refractivity contribution in [1.29, 1.82) is 0 Å². The number of hydrogen-bond donors (Lipinski definition) is 1. The third-order valence-corrected chi connectivity index (χ3v) is 6.40. The fraction of sp³-hybridized carbons (Fsp3) is 0.636. The number of aromatic amines is 1. The largest absolute Gasteiger partial charge is 0.494 e. The quantitative estimate of drug-likeness (QED) is 0.714. The van der Waals surface area contributed by atoms with E-state index in [9.17, 15) is 18.0 Å². The monoisotopic (exact) mass is 410 g/mol. The third-order valence-electron chi connectivity index (χ3n) is 6.40. The summed E-state index contributed by atoms with van der Waals surface area (Å²) in [5.74, 6) is 1.01. The Morgan fingerprint density at radius 1 is 1.24 bits per heavy atom. The van der Waals surface area contributed by atoms with Gasteiger partial charge in [-0.3, -0.25) is 4.79 Å². The van der Waals surface area contributed by atoms with Crippen LogP contribution in [0, 0.1) is 23.2 Å². The molecule has 1 aromatic heterocycles. The highest BCUT2D eigenvalue weighted by Crippen LogP contribution is 2.53. The lowest BCUT2D eigenvalue weighted by molar-refractivity contribution is -0.219. The fourth-order valence-corrected chi connectivity index (χ4v) is 4.41. The maximum absolute atomic E-state index is 14.2. The lowest BCUT2D eigenvalue weighted by Gasteiger charge is -2.43. The molecule has 1 aromatic rings. The molecule has 3 rings (SSSR count). The molecule has 1 saturated carbocycles. The van der Waals surface area contributed by atoms with Gasteiger partial charge in [-0.05, 0) is 61.7 Å². The Kier molecular flexibility index (Phi) is 5.97. The molecule has 0 radical (unpaired) electrons. The van der Waals surface area contributed by atoms with Gasteiger partial charge in [-0.2, -0.15) is 18.3 Å². The van der Waals surface area contributed by atoms with Crippen LogP contribution in [0.4, 0.5) is 13.2 Å². The van der Waals surface area contributed by atoms with Gasteiger partial charge in [0.1, 0.15) is 17.3 Å². The topological polar surface area (TPSA) is 55.0 Å². The van der Waals surface area contributed by atoms with Crippen molar-refractivity contribution in [3.05, 3.63) is 46.1 Å². The van der Waals surface area contributed by atoms with Crippen LogP contribution < -0.4 is 5.56 Å². The first-order valence-electron chi connectivity index (χ1n) is 10.2. The second kappa shape index (κ2) is 8.00. The lowest BCUT2D eigenvalue weighted by Crippen LogP contribution is -2.42. The van der Waals surface area contributed by atoms with E-state index in [4.69, 9.17) is 4.74 Å². The minimum Gasteiger partial charge on any atom is -0.494 e. The molecule has 0 amide bonds. The van der Waals surface area contributed by atoms with E-state index in [1.165, 1.54) is 25.1 Å². The number of H-pyrrole nitrogens is 1. The van der Waals surface area contributed by atoms with Crippen molar-refractivity contribution in [1.82, 2.24) is 10.2 Å². The second-order valence-corrected chi connectivity index (χ2v) is 9.02. The van der Waals surface area contributed by atoms with Crippen molar-refractivity contribution in [2.75, 3.05) is 0 Å². The summed E-state index contributed by atoms with van der Waals surface area (Å²) < 4.78 is 48.7. The van der Waals surface area contributed by atoms with Gasteiger partial charge >= 0.3 is 6.18 Å². The van der Waals surface area contributed by atoms with Crippen LogP contribution in [0.1, 0.15) is 59.1 Å². The molecule has 0 saturated heterocycles. The Balaban J connectivity index is 1.95. The SMILES string of the molecule is CC1CCC(C(C)C)C(OC2=CC=C(c3ccc(=O)[nH]n3)CC2(C)C(F)(F)F)C1. The Bertz CT molecular complexity index is 836. The minimum atomic E-state index is -4.48. The summed E-state index contributed by atoms with van der Waals surface area (Å²) in [5, 5.41) is 6.18. The molecular weight excluding hydrogens is 381 g/mol. The number of nitrogens with zero attached hydrogens (tertiary/aromatic N) is 1. The number of allylic oxidation sites excluding steroid dienone is 4. The molecule has 0 aromatic carbocycles. The van der Waals surface area contributed by atoms with Gasteiger partial charge in [0.15, 0.2) is 0 Å². The van der Waals surface area contributed by atoms with E-state index in [0.29, 0.717) is 23.1 Å². The van der Waals surface area contributed by atoms with Gasteiger partial charge in [0, 0.05) is 6.07 Å². The van der Waals surface area contributed by atoms with E-state index < -0.39 is 17.2 Å². The van der Waals surface area contributed by atoms with E-state index in [1.54, 1.807) is 6.08 Å². The van der Waals surface area contributed by atoms with Crippen LogP contribution in [0.15, 0.2) is 34.8 Å². The summed E-state index contributed by atoms with van der Waals surface area (Å²) in [6, 6.07) is 2.71. The molecule has 0 aliphatic heterocycles. The van der Waals surface area contributed by atoms with Gasteiger partial charge in [0.2, 0.25) is 0 Å². The molecule has 1 fully saturated rings. The highest BCUT2D eigenvalue weighted by Gasteiger charge is 2.56. The highest BCUT2D eigenvalue weighted by molar-refractivity contribution is 5.67. The molecule has 0 bridgehead atoms. The van der Waals surface area contributed by atoms with Crippen molar-refractivity contribution in [2.24, 2.45) is 23.2 Å². The van der Waals surface area contributed by atoms with Gasteiger partial charge in [-0.25, -0.2) is 5.10 Å². The summed E-state index contributed by atoms with van der Waals surface area (Å²) in [6.07, 6.45) is 0.918. The van der Waals surface area contributed by atoms with Crippen molar-refractivity contribution in [3.63, 3.8) is 0 Å². The second-order valence-electron chi connectivity index (χ2n) is 9.02. The average Bonchev–Trinajstić information content (AvgIpc) is 2.63. The first kappa shape index (κ1) is 21.7. The van der Waals surface area contributed by atoms with Crippen LogP contribution in [0.2, 0.25) is 0 Å². The summed E-state index contributed by atoms with van der Waals surface area (Å²) in [7, 11) is 0. The zero-order valence-corrected chi connectivity index (χ0v) is 17.3. The van der Waals surface area contributed by atoms with Crippen molar-refractivity contribution >= 4 is 5.57 Å². The maximum Gasteiger partial charge on any atom is 0.401 e. The molecule has 1 heterocycles. The molecule has 0 spiro atoms. The van der Waals surface area contributed by atoms with Crippen LogP contribution in [-0.4, -0.2) is 22.5 Å². The molecule has 7 heteroatoms. The zero-order valence-electron chi connectivity index (χ0n) is 17.3. The van der Waals surface area contributed by atoms with Gasteiger partial charge in [0.25, 0.3) is 5.56 Å². The van der Waals surface area contributed by atoms with Crippen LogP contribution in [0.25, 0.3) is 5.57 Å². The first-order valence-corrected chi connectivity index (χ1v) is 10.2. The number of halogens is 3. The van der Waals surface area contributed by atoms with E-state index in [-0.39, 0.29) is 24.2 Å². The van der Waals surface area contributed by atoms with Crippen LogP contribution in [-0.2, 0) is 4.74 Å². The van der Waals surface area contributed by atoms with Gasteiger partial charge in [-0.1, -0.05) is 33.3 Å². The molecule has 160 valence electrons. The Morgan fingerprint density at radius 2 is 1.97 bits per heavy atom. The van der Waals surface area contributed by atoms with Crippen molar-refractivity contribution in [2.45, 2.75) is 65.7 Å². The molecule has 2 aliphatic carbocycles.